The quantitative estimate of drug-likeness (QED) is 0.410. The van der Waals surface area contributed by atoms with Crippen molar-refractivity contribution in [2.45, 2.75) is 6.92 Å². The average Bonchev–Trinajstić information content (AvgIpc) is 2.79. The summed E-state index contributed by atoms with van der Waals surface area (Å²) < 4.78 is 0. The van der Waals surface area contributed by atoms with E-state index in [0.717, 1.165) is 38.6 Å². The Morgan fingerprint density at radius 3 is 2.55 bits per heavy atom. The zero-order valence-corrected chi connectivity index (χ0v) is 17.0. The second kappa shape index (κ2) is 7.54. The van der Waals surface area contributed by atoms with Crippen LogP contribution in [-0.4, -0.2) is 15.9 Å². The maximum absolute atomic E-state index is 12.8. The van der Waals surface area contributed by atoms with Gasteiger partial charge in [0, 0.05) is 39.6 Å². The molecule has 5 nitrogen and oxygen atoms in total. The van der Waals surface area contributed by atoms with Crippen molar-refractivity contribution in [1.82, 2.24) is 9.97 Å². The van der Waals surface area contributed by atoms with Gasteiger partial charge in [-0.15, -0.1) is 0 Å². The lowest BCUT2D eigenvalue weighted by Gasteiger charge is -2.10. The molecule has 0 saturated carbocycles. The van der Waals surface area contributed by atoms with E-state index in [1.54, 1.807) is 6.20 Å². The Balaban J connectivity index is 1.41. The van der Waals surface area contributed by atoms with E-state index in [-0.39, 0.29) is 5.91 Å². The normalized spacial score (nSPS) is 11.0. The van der Waals surface area contributed by atoms with Crippen molar-refractivity contribution in [3.63, 3.8) is 0 Å². The van der Waals surface area contributed by atoms with Crippen LogP contribution < -0.4 is 11.1 Å². The summed E-state index contributed by atoms with van der Waals surface area (Å²) in [4.78, 5) is 21.7. The molecule has 1 amide bonds. The highest BCUT2D eigenvalue weighted by Gasteiger charge is 2.10. The van der Waals surface area contributed by atoms with Gasteiger partial charge in [-0.25, -0.2) is 0 Å². The number of fused-ring (bicyclic) bond motifs is 2. The Morgan fingerprint density at radius 1 is 0.871 bits per heavy atom. The average molecular weight is 404 g/mol. The molecule has 0 spiro atoms. The molecular weight excluding hydrogens is 384 g/mol. The van der Waals surface area contributed by atoms with Gasteiger partial charge in [0.25, 0.3) is 5.91 Å². The van der Waals surface area contributed by atoms with Crippen LogP contribution in [0.1, 0.15) is 16.1 Å². The van der Waals surface area contributed by atoms with E-state index in [2.05, 4.69) is 27.4 Å². The fourth-order valence-corrected chi connectivity index (χ4v) is 3.83. The first-order valence-corrected chi connectivity index (χ1v) is 10.0. The molecule has 0 atom stereocenters. The zero-order valence-electron chi connectivity index (χ0n) is 17.0. The first-order chi connectivity index (χ1) is 15.1. The van der Waals surface area contributed by atoms with Crippen LogP contribution in [0.5, 0.6) is 0 Å². The number of rotatable bonds is 3. The number of nitrogens with zero attached hydrogens (tertiary/aromatic N) is 2. The molecule has 150 valence electrons. The molecule has 2 aromatic heterocycles. The number of aryl methyl sites for hydroxylation is 1. The van der Waals surface area contributed by atoms with E-state index in [0.29, 0.717) is 16.9 Å². The lowest BCUT2D eigenvalue weighted by molar-refractivity contribution is 0.102. The summed E-state index contributed by atoms with van der Waals surface area (Å²) in [5.41, 5.74) is 12.8. The zero-order chi connectivity index (χ0) is 21.4. The van der Waals surface area contributed by atoms with Gasteiger partial charge in [-0.3, -0.25) is 14.8 Å². The molecule has 31 heavy (non-hydrogen) atoms. The summed E-state index contributed by atoms with van der Waals surface area (Å²) in [6.45, 7) is 1.91. The second-order valence-electron chi connectivity index (χ2n) is 7.49. The smallest absolute Gasteiger partial charge is 0.255 e. The van der Waals surface area contributed by atoms with E-state index in [4.69, 9.17) is 5.73 Å². The van der Waals surface area contributed by atoms with Crippen molar-refractivity contribution in [2.75, 3.05) is 11.1 Å². The summed E-state index contributed by atoms with van der Waals surface area (Å²) in [5, 5.41) is 4.85. The van der Waals surface area contributed by atoms with Crippen molar-refractivity contribution in [3.8, 4) is 11.1 Å². The SMILES string of the molecule is Cc1cc(N)c2cc(NC(=O)c3ccc(-c4cccc5ncccc45)cc3)ccc2n1. The van der Waals surface area contributed by atoms with Crippen LogP contribution >= 0.6 is 0 Å². The number of carbonyl (C=O) groups is 1. The van der Waals surface area contributed by atoms with Crippen LogP contribution in [0.15, 0.2) is 85.1 Å². The van der Waals surface area contributed by atoms with Crippen molar-refractivity contribution >= 4 is 39.1 Å². The van der Waals surface area contributed by atoms with Crippen LogP contribution in [0.3, 0.4) is 0 Å². The molecule has 0 radical (unpaired) electrons. The molecule has 0 fully saturated rings. The Morgan fingerprint density at radius 2 is 1.71 bits per heavy atom. The minimum Gasteiger partial charge on any atom is -0.398 e. The van der Waals surface area contributed by atoms with Gasteiger partial charge >= 0.3 is 0 Å². The summed E-state index contributed by atoms with van der Waals surface area (Å²) in [6.07, 6.45) is 1.79. The number of aromatic nitrogens is 2. The maximum Gasteiger partial charge on any atom is 0.255 e. The fourth-order valence-electron chi connectivity index (χ4n) is 3.83. The van der Waals surface area contributed by atoms with Crippen molar-refractivity contribution < 1.29 is 4.79 Å². The van der Waals surface area contributed by atoms with Gasteiger partial charge < -0.3 is 11.1 Å². The molecule has 0 saturated heterocycles. The number of benzene rings is 3. The highest BCUT2D eigenvalue weighted by Crippen LogP contribution is 2.28. The molecule has 0 unspecified atom stereocenters. The summed E-state index contributed by atoms with van der Waals surface area (Å²) in [6, 6.07) is 25.0. The molecule has 5 heteroatoms. The summed E-state index contributed by atoms with van der Waals surface area (Å²) >= 11 is 0. The first-order valence-electron chi connectivity index (χ1n) is 10.0. The van der Waals surface area contributed by atoms with Gasteiger partial charge in [0.05, 0.1) is 11.0 Å². The third kappa shape index (κ3) is 3.57. The molecule has 5 aromatic rings. The van der Waals surface area contributed by atoms with Gasteiger partial charge in [-0.1, -0.05) is 30.3 Å². The number of anilines is 2. The molecule has 3 N–H and O–H groups in total. The Hall–Kier alpha value is -4.25. The molecule has 5 rings (SSSR count). The summed E-state index contributed by atoms with van der Waals surface area (Å²) in [7, 11) is 0. The number of nitrogen functional groups attached to an aromatic ring is 1. The van der Waals surface area contributed by atoms with E-state index < -0.39 is 0 Å². The maximum atomic E-state index is 12.8. The van der Waals surface area contributed by atoms with E-state index >= 15 is 0 Å². The number of hydrogen-bond donors (Lipinski definition) is 2. The minimum atomic E-state index is -0.177. The molecule has 0 aliphatic rings. The predicted octanol–water partition coefficient (Wildman–Crippen LogP) is 5.59. The number of nitrogens with two attached hydrogens (primary N) is 1. The number of amides is 1. The molecule has 0 bridgehead atoms. The van der Waals surface area contributed by atoms with Gasteiger partial charge in [0.15, 0.2) is 0 Å². The van der Waals surface area contributed by atoms with Crippen molar-refractivity contribution in [2.24, 2.45) is 0 Å². The largest absolute Gasteiger partial charge is 0.398 e. The monoisotopic (exact) mass is 404 g/mol. The first kappa shape index (κ1) is 18.8. The highest BCUT2D eigenvalue weighted by atomic mass is 16.1. The predicted molar refractivity (Wildman–Crippen MR) is 126 cm³/mol. The minimum absolute atomic E-state index is 0.177. The Labute approximate surface area is 179 Å². The lowest BCUT2D eigenvalue weighted by Crippen LogP contribution is -2.11. The molecule has 2 heterocycles. The number of pyridine rings is 2. The fraction of sp³-hybridized carbons (Fsp3) is 0.0385. The van der Waals surface area contributed by atoms with Crippen LogP contribution in [0.2, 0.25) is 0 Å². The van der Waals surface area contributed by atoms with Gasteiger partial charge in [0.1, 0.15) is 0 Å². The highest BCUT2D eigenvalue weighted by molar-refractivity contribution is 6.06. The molecular formula is C26H20N4O. The van der Waals surface area contributed by atoms with Crippen molar-refractivity contribution in [1.29, 1.82) is 0 Å². The second-order valence-corrected chi connectivity index (χ2v) is 7.49. The Kier molecular flexibility index (Phi) is 4.56. The molecule has 0 aliphatic carbocycles. The van der Waals surface area contributed by atoms with E-state index in [1.165, 1.54) is 0 Å². The molecule has 3 aromatic carbocycles. The topological polar surface area (TPSA) is 80.9 Å². The standard InChI is InChI=1S/C26H20N4O/c1-16-14-23(27)22-15-19(11-12-25(22)29-16)30-26(31)18-9-7-17(8-10-18)20-4-2-6-24-21(20)5-3-13-28-24/h2-15H,1H3,(H2,27,29)(H,30,31). The van der Waals surface area contributed by atoms with Crippen LogP contribution in [0.25, 0.3) is 32.9 Å². The van der Waals surface area contributed by atoms with Gasteiger partial charge in [0.2, 0.25) is 0 Å². The van der Waals surface area contributed by atoms with Gasteiger partial charge in [-0.2, -0.15) is 0 Å². The van der Waals surface area contributed by atoms with Crippen LogP contribution in [-0.2, 0) is 0 Å². The molecule has 0 aliphatic heterocycles. The van der Waals surface area contributed by atoms with Gasteiger partial charge in [-0.05, 0) is 66.6 Å². The number of hydrogen-bond acceptors (Lipinski definition) is 4. The number of nitrogens with one attached hydrogen (secondary N) is 1. The van der Waals surface area contributed by atoms with Crippen molar-refractivity contribution in [3.05, 3.63) is 96.3 Å². The third-order valence-corrected chi connectivity index (χ3v) is 5.33. The summed E-state index contributed by atoms with van der Waals surface area (Å²) in [5.74, 6) is -0.177. The lowest BCUT2D eigenvalue weighted by atomic mass is 9.99. The third-order valence-electron chi connectivity index (χ3n) is 5.33. The van der Waals surface area contributed by atoms with Crippen LogP contribution in [0.4, 0.5) is 11.4 Å². The Bertz CT molecular complexity index is 1440. The van der Waals surface area contributed by atoms with E-state index in [1.807, 2.05) is 73.7 Å². The van der Waals surface area contributed by atoms with E-state index in [9.17, 15) is 4.79 Å². The van der Waals surface area contributed by atoms with Crippen LogP contribution in [0, 0.1) is 6.92 Å². The number of carbonyl (C=O) groups excluding carboxylic acids is 1.